The summed E-state index contributed by atoms with van der Waals surface area (Å²) in [5.74, 6) is 0.148. The summed E-state index contributed by atoms with van der Waals surface area (Å²) in [4.78, 5) is 21.3. The van der Waals surface area contributed by atoms with Crippen LogP contribution in [0.1, 0.15) is 26.2 Å². The molecule has 0 unspecified atom stereocenters. The van der Waals surface area contributed by atoms with Crippen molar-refractivity contribution in [2.75, 3.05) is 38.3 Å². The standard InChI is InChI=1S/C20H29N5O2/c1-3-19(26)25(18-7-5-4-6-8-18)20(15-27-2)9-11-23(12-10-20)13-14-24-17-21-16-22-24/h4-8,16-17H,3,9-15H2,1-2H3. The Kier molecular flexibility index (Phi) is 6.58. The lowest BCUT2D eigenvalue weighted by molar-refractivity contribution is -0.120. The van der Waals surface area contributed by atoms with Gasteiger partial charge in [-0.15, -0.1) is 0 Å². The van der Waals surface area contributed by atoms with E-state index in [2.05, 4.69) is 15.0 Å². The Morgan fingerprint density at radius 2 is 1.96 bits per heavy atom. The zero-order valence-corrected chi connectivity index (χ0v) is 16.3. The molecule has 7 heteroatoms. The van der Waals surface area contributed by atoms with E-state index in [9.17, 15) is 4.79 Å². The first kappa shape index (κ1) is 19.5. The second-order valence-electron chi connectivity index (χ2n) is 7.08. The molecule has 1 aromatic carbocycles. The van der Waals surface area contributed by atoms with Gasteiger partial charge in [0.15, 0.2) is 0 Å². The van der Waals surface area contributed by atoms with Gasteiger partial charge in [0.1, 0.15) is 12.7 Å². The highest BCUT2D eigenvalue weighted by molar-refractivity contribution is 5.94. The SMILES string of the molecule is CCC(=O)N(c1ccccc1)C1(COC)CCN(CCn2cncn2)CC1. The summed E-state index contributed by atoms with van der Waals surface area (Å²) in [5.41, 5.74) is 0.657. The summed E-state index contributed by atoms with van der Waals surface area (Å²) in [6.45, 7) is 6.08. The number of rotatable bonds is 8. The van der Waals surface area contributed by atoms with Crippen LogP contribution in [-0.4, -0.2) is 64.5 Å². The second kappa shape index (κ2) is 9.10. The molecule has 3 rings (SSSR count). The van der Waals surface area contributed by atoms with E-state index in [4.69, 9.17) is 4.74 Å². The molecular formula is C20H29N5O2. The zero-order valence-electron chi connectivity index (χ0n) is 16.3. The van der Waals surface area contributed by atoms with Crippen molar-refractivity contribution in [3.63, 3.8) is 0 Å². The number of ether oxygens (including phenoxy) is 1. The minimum absolute atomic E-state index is 0.148. The van der Waals surface area contributed by atoms with Gasteiger partial charge in [0.05, 0.1) is 18.7 Å². The van der Waals surface area contributed by atoms with Crippen molar-refractivity contribution in [1.82, 2.24) is 19.7 Å². The smallest absolute Gasteiger partial charge is 0.227 e. The van der Waals surface area contributed by atoms with E-state index in [-0.39, 0.29) is 11.4 Å². The molecule has 2 aromatic rings. The van der Waals surface area contributed by atoms with Gasteiger partial charge in [-0.05, 0) is 25.0 Å². The Hall–Kier alpha value is -2.25. The van der Waals surface area contributed by atoms with Gasteiger partial charge in [0.2, 0.25) is 5.91 Å². The number of nitrogens with zero attached hydrogens (tertiary/aromatic N) is 5. The minimum atomic E-state index is -0.299. The normalized spacial score (nSPS) is 17.0. The fraction of sp³-hybridized carbons (Fsp3) is 0.550. The molecule has 1 aliphatic rings. The van der Waals surface area contributed by atoms with E-state index < -0.39 is 0 Å². The molecule has 0 spiro atoms. The highest BCUT2D eigenvalue weighted by Gasteiger charge is 2.42. The maximum atomic E-state index is 12.9. The molecule has 1 amide bonds. The molecule has 0 radical (unpaired) electrons. The molecule has 1 aromatic heterocycles. The van der Waals surface area contributed by atoms with Gasteiger partial charge in [0.25, 0.3) is 0 Å². The first-order valence-corrected chi connectivity index (χ1v) is 9.60. The number of methoxy groups -OCH3 is 1. The molecule has 0 N–H and O–H groups in total. The van der Waals surface area contributed by atoms with Crippen LogP contribution >= 0.6 is 0 Å². The van der Waals surface area contributed by atoms with Crippen LogP contribution in [0, 0.1) is 0 Å². The lowest BCUT2D eigenvalue weighted by atomic mass is 9.85. The van der Waals surface area contributed by atoms with E-state index in [1.807, 2.05) is 46.8 Å². The highest BCUT2D eigenvalue weighted by Crippen LogP contribution is 2.34. The number of anilines is 1. The summed E-state index contributed by atoms with van der Waals surface area (Å²) in [6, 6.07) is 9.98. The average molecular weight is 371 g/mol. The molecule has 27 heavy (non-hydrogen) atoms. The van der Waals surface area contributed by atoms with Gasteiger partial charge in [-0.3, -0.25) is 9.48 Å². The van der Waals surface area contributed by atoms with Crippen LogP contribution in [0.2, 0.25) is 0 Å². The molecule has 7 nitrogen and oxygen atoms in total. The summed E-state index contributed by atoms with van der Waals surface area (Å²) in [7, 11) is 1.72. The first-order chi connectivity index (χ1) is 13.2. The van der Waals surface area contributed by atoms with Crippen molar-refractivity contribution in [1.29, 1.82) is 0 Å². The average Bonchev–Trinajstić information content (AvgIpc) is 3.22. The van der Waals surface area contributed by atoms with Crippen molar-refractivity contribution in [2.45, 2.75) is 38.3 Å². The maximum Gasteiger partial charge on any atom is 0.227 e. The molecule has 1 fully saturated rings. The number of carbonyl (C=O) groups is 1. The van der Waals surface area contributed by atoms with Crippen molar-refractivity contribution in [3.8, 4) is 0 Å². The predicted molar refractivity (Wildman–Crippen MR) is 105 cm³/mol. The number of aromatic nitrogens is 3. The van der Waals surface area contributed by atoms with Crippen molar-refractivity contribution in [3.05, 3.63) is 43.0 Å². The monoisotopic (exact) mass is 371 g/mol. The summed E-state index contributed by atoms with van der Waals surface area (Å²) < 4.78 is 7.46. The third-order valence-electron chi connectivity index (χ3n) is 5.35. The fourth-order valence-corrected chi connectivity index (χ4v) is 3.90. The van der Waals surface area contributed by atoms with Crippen LogP contribution in [0.3, 0.4) is 0 Å². The Morgan fingerprint density at radius 3 is 2.56 bits per heavy atom. The number of carbonyl (C=O) groups excluding carboxylic acids is 1. The van der Waals surface area contributed by atoms with Crippen molar-refractivity contribution < 1.29 is 9.53 Å². The van der Waals surface area contributed by atoms with E-state index in [1.54, 1.807) is 19.8 Å². The topological polar surface area (TPSA) is 63.5 Å². The summed E-state index contributed by atoms with van der Waals surface area (Å²) in [5, 5.41) is 4.17. The van der Waals surface area contributed by atoms with E-state index in [0.29, 0.717) is 13.0 Å². The van der Waals surface area contributed by atoms with Crippen LogP contribution in [-0.2, 0) is 16.1 Å². The number of likely N-dealkylation sites (tertiary alicyclic amines) is 1. The quantitative estimate of drug-likeness (QED) is 0.712. The number of amides is 1. The number of hydrogen-bond acceptors (Lipinski definition) is 5. The zero-order chi connectivity index (χ0) is 19.1. The lowest BCUT2D eigenvalue weighted by Gasteiger charge is -2.48. The third-order valence-corrected chi connectivity index (χ3v) is 5.35. The van der Waals surface area contributed by atoms with Crippen LogP contribution in [0.25, 0.3) is 0 Å². The van der Waals surface area contributed by atoms with Crippen LogP contribution in [0.4, 0.5) is 5.69 Å². The molecule has 146 valence electrons. The van der Waals surface area contributed by atoms with E-state index in [1.165, 1.54) is 0 Å². The van der Waals surface area contributed by atoms with Crippen molar-refractivity contribution >= 4 is 11.6 Å². The molecule has 0 aliphatic carbocycles. The number of benzene rings is 1. The molecule has 2 heterocycles. The molecule has 1 saturated heterocycles. The second-order valence-corrected chi connectivity index (χ2v) is 7.08. The van der Waals surface area contributed by atoms with E-state index >= 15 is 0 Å². The summed E-state index contributed by atoms with van der Waals surface area (Å²) in [6.07, 6.45) is 5.57. The van der Waals surface area contributed by atoms with Gasteiger partial charge in [0, 0.05) is 38.9 Å². The molecule has 0 bridgehead atoms. The van der Waals surface area contributed by atoms with E-state index in [0.717, 1.165) is 44.7 Å². The van der Waals surface area contributed by atoms with Crippen molar-refractivity contribution in [2.24, 2.45) is 0 Å². The van der Waals surface area contributed by atoms with Gasteiger partial charge >= 0.3 is 0 Å². The van der Waals surface area contributed by atoms with Gasteiger partial charge in [-0.2, -0.15) is 5.10 Å². The van der Waals surface area contributed by atoms with Gasteiger partial charge < -0.3 is 14.5 Å². The minimum Gasteiger partial charge on any atom is -0.382 e. The fourth-order valence-electron chi connectivity index (χ4n) is 3.90. The Morgan fingerprint density at radius 1 is 1.22 bits per heavy atom. The Labute approximate surface area is 160 Å². The Bertz CT molecular complexity index is 696. The number of hydrogen-bond donors (Lipinski definition) is 0. The Balaban J connectivity index is 1.74. The van der Waals surface area contributed by atoms with Crippen LogP contribution < -0.4 is 4.90 Å². The number of para-hydroxylation sites is 1. The number of piperidine rings is 1. The summed E-state index contributed by atoms with van der Waals surface area (Å²) >= 11 is 0. The molecule has 1 aliphatic heterocycles. The van der Waals surface area contributed by atoms with Crippen LogP contribution in [0.15, 0.2) is 43.0 Å². The van der Waals surface area contributed by atoms with Gasteiger partial charge in [-0.25, -0.2) is 4.98 Å². The third kappa shape index (κ3) is 4.54. The predicted octanol–water partition coefficient (Wildman–Crippen LogP) is 2.20. The largest absolute Gasteiger partial charge is 0.382 e. The van der Waals surface area contributed by atoms with Crippen LogP contribution in [0.5, 0.6) is 0 Å². The molecule has 0 atom stereocenters. The molecular weight excluding hydrogens is 342 g/mol. The highest BCUT2D eigenvalue weighted by atomic mass is 16.5. The lowest BCUT2D eigenvalue weighted by Crippen LogP contribution is -2.60. The maximum absolute atomic E-state index is 12.9. The first-order valence-electron chi connectivity index (χ1n) is 9.60. The van der Waals surface area contributed by atoms with Gasteiger partial charge in [-0.1, -0.05) is 25.1 Å². The molecule has 0 saturated carbocycles.